The molecular weight excluding hydrogens is 288 g/mol. The van der Waals surface area contributed by atoms with Gasteiger partial charge >= 0.3 is 0 Å². The molecule has 0 spiro atoms. The molecule has 1 saturated heterocycles. The zero-order valence-electron chi connectivity index (χ0n) is 13.5. The van der Waals surface area contributed by atoms with Gasteiger partial charge in [-0.2, -0.15) is 0 Å². The van der Waals surface area contributed by atoms with Gasteiger partial charge in [-0.1, -0.05) is 6.42 Å². The Balaban J connectivity index is 1.38. The van der Waals surface area contributed by atoms with Crippen molar-refractivity contribution in [3.05, 3.63) is 29.8 Å². The van der Waals surface area contributed by atoms with Gasteiger partial charge in [-0.05, 0) is 68.2 Å². The van der Waals surface area contributed by atoms with Crippen molar-refractivity contribution >= 4 is 17.5 Å². The molecule has 3 atom stereocenters. The van der Waals surface area contributed by atoms with Crippen LogP contribution in [0.15, 0.2) is 24.3 Å². The number of hydrogen-bond donors (Lipinski definition) is 1. The number of nitrogens with zero attached hydrogens (tertiary/aromatic N) is 1. The summed E-state index contributed by atoms with van der Waals surface area (Å²) >= 11 is 0. The van der Waals surface area contributed by atoms with Crippen LogP contribution >= 0.6 is 0 Å². The first kappa shape index (κ1) is 14.7. The predicted molar refractivity (Wildman–Crippen MR) is 89.1 cm³/mol. The normalized spacial score (nSPS) is 29.0. The summed E-state index contributed by atoms with van der Waals surface area (Å²) in [6.07, 6.45) is 7.02. The van der Waals surface area contributed by atoms with Gasteiger partial charge < -0.3 is 10.2 Å². The maximum Gasteiger partial charge on any atom is 0.253 e. The monoisotopic (exact) mass is 312 g/mol. The lowest BCUT2D eigenvalue weighted by molar-refractivity contribution is -0.121. The third-order valence-electron chi connectivity index (χ3n) is 5.87. The summed E-state index contributed by atoms with van der Waals surface area (Å²) in [4.78, 5) is 26.7. The summed E-state index contributed by atoms with van der Waals surface area (Å²) in [6.45, 7) is 1.73. The summed E-state index contributed by atoms with van der Waals surface area (Å²) in [5, 5.41) is 3.04. The number of likely N-dealkylation sites (tertiary alicyclic amines) is 1. The third-order valence-corrected chi connectivity index (χ3v) is 5.87. The number of rotatable bonds is 3. The average Bonchev–Trinajstić information content (AvgIpc) is 3.32. The van der Waals surface area contributed by atoms with Crippen LogP contribution in [-0.4, -0.2) is 29.8 Å². The summed E-state index contributed by atoms with van der Waals surface area (Å²) < 4.78 is 0. The molecule has 4 rings (SSSR count). The molecule has 1 aliphatic heterocycles. The molecule has 23 heavy (non-hydrogen) atoms. The summed E-state index contributed by atoms with van der Waals surface area (Å²) in [7, 11) is 0. The van der Waals surface area contributed by atoms with Gasteiger partial charge in [0.05, 0.1) is 0 Å². The van der Waals surface area contributed by atoms with Crippen molar-refractivity contribution in [3.63, 3.8) is 0 Å². The number of anilines is 1. The molecular formula is C19H24N2O2. The van der Waals surface area contributed by atoms with E-state index in [9.17, 15) is 9.59 Å². The molecule has 4 nitrogen and oxygen atoms in total. The highest BCUT2D eigenvalue weighted by Gasteiger charge is 2.42. The lowest BCUT2D eigenvalue weighted by Gasteiger charge is -2.21. The van der Waals surface area contributed by atoms with Gasteiger partial charge in [-0.25, -0.2) is 0 Å². The van der Waals surface area contributed by atoms with E-state index in [0.29, 0.717) is 11.5 Å². The number of carbonyl (C=O) groups excluding carboxylic acids is 2. The fraction of sp³-hybridized carbons (Fsp3) is 0.579. The second kappa shape index (κ2) is 5.99. The topological polar surface area (TPSA) is 49.4 Å². The van der Waals surface area contributed by atoms with Crippen molar-refractivity contribution in [2.45, 2.75) is 38.5 Å². The van der Waals surface area contributed by atoms with E-state index in [1.54, 1.807) is 0 Å². The average molecular weight is 312 g/mol. The fourth-order valence-corrected chi connectivity index (χ4v) is 4.60. The second-order valence-corrected chi connectivity index (χ2v) is 7.35. The SMILES string of the molecule is O=C(Nc1ccc(C(=O)N2CCCC2)cc1)C1CC2CCC1C2. The molecule has 0 radical (unpaired) electrons. The van der Waals surface area contributed by atoms with Crippen molar-refractivity contribution in [2.75, 3.05) is 18.4 Å². The highest BCUT2D eigenvalue weighted by molar-refractivity contribution is 5.96. The van der Waals surface area contributed by atoms with Crippen LogP contribution in [0.4, 0.5) is 5.69 Å². The smallest absolute Gasteiger partial charge is 0.253 e. The summed E-state index contributed by atoms with van der Waals surface area (Å²) in [5.74, 6) is 1.83. The Morgan fingerprint density at radius 2 is 1.74 bits per heavy atom. The molecule has 1 N–H and O–H groups in total. The zero-order chi connectivity index (χ0) is 15.8. The third kappa shape index (κ3) is 2.87. The Labute approximate surface area is 137 Å². The molecule has 0 aromatic heterocycles. The van der Waals surface area contributed by atoms with Crippen LogP contribution in [0.5, 0.6) is 0 Å². The molecule has 2 aliphatic carbocycles. The van der Waals surface area contributed by atoms with E-state index in [4.69, 9.17) is 0 Å². The number of nitrogens with one attached hydrogen (secondary N) is 1. The first-order valence-electron chi connectivity index (χ1n) is 8.91. The minimum Gasteiger partial charge on any atom is -0.339 e. The maximum atomic E-state index is 12.4. The van der Waals surface area contributed by atoms with E-state index in [2.05, 4.69) is 5.32 Å². The van der Waals surface area contributed by atoms with Gasteiger partial charge in [0.1, 0.15) is 0 Å². The molecule has 3 fully saturated rings. The lowest BCUT2D eigenvalue weighted by Crippen LogP contribution is -2.28. The van der Waals surface area contributed by atoms with Gasteiger partial charge in [0.15, 0.2) is 0 Å². The minimum atomic E-state index is 0.105. The first-order valence-corrected chi connectivity index (χ1v) is 8.91. The number of hydrogen-bond acceptors (Lipinski definition) is 2. The van der Waals surface area contributed by atoms with Gasteiger partial charge in [0, 0.05) is 30.3 Å². The lowest BCUT2D eigenvalue weighted by atomic mass is 9.88. The molecule has 1 aromatic rings. The Bertz CT molecular complexity index is 604. The van der Waals surface area contributed by atoms with Crippen molar-refractivity contribution in [1.82, 2.24) is 4.90 Å². The van der Waals surface area contributed by atoms with Crippen molar-refractivity contribution in [2.24, 2.45) is 17.8 Å². The van der Waals surface area contributed by atoms with Gasteiger partial charge in [0.25, 0.3) is 5.91 Å². The van der Waals surface area contributed by atoms with E-state index >= 15 is 0 Å². The molecule has 122 valence electrons. The van der Waals surface area contributed by atoms with Crippen molar-refractivity contribution in [1.29, 1.82) is 0 Å². The Morgan fingerprint density at radius 1 is 1.00 bits per heavy atom. The molecule has 3 aliphatic rings. The van der Waals surface area contributed by atoms with E-state index < -0.39 is 0 Å². The molecule has 1 aromatic carbocycles. The van der Waals surface area contributed by atoms with Crippen LogP contribution in [0.25, 0.3) is 0 Å². The second-order valence-electron chi connectivity index (χ2n) is 7.35. The predicted octanol–water partition coefficient (Wildman–Crippen LogP) is 3.30. The van der Waals surface area contributed by atoms with Gasteiger partial charge in [-0.3, -0.25) is 9.59 Å². The van der Waals surface area contributed by atoms with Crippen LogP contribution < -0.4 is 5.32 Å². The van der Waals surface area contributed by atoms with Crippen LogP contribution in [0.3, 0.4) is 0 Å². The van der Waals surface area contributed by atoms with E-state index in [1.807, 2.05) is 29.2 Å². The van der Waals surface area contributed by atoms with Crippen LogP contribution in [-0.2, 0) is 4.79 Å². The van der Waals surface area contributed by atoms with Crippen molar-refractivity contribution in [3.8, 4) is 0 Å². The molecule has 2 saturated carbocycles. The quantitative estimate of drug-likeness (QED) is 0.931. The highest BCUT2D eigenvalue weighted by Crippen LogP contribution is 2.48. The number of amides is 2. The van der Waals surface area contributed by atoms with Gasteiger partial charge in [0.2, 0.25) is 5.91 Å². The van der Waals surface area contributed by atoms with Gasteiger partial charge in [-0.15, -0.1) is 0 Å². The Hall–Kier alpha value is -1.84. The first-order chi connectivity index (χ1) is 11.2. The number of benzene rings is 1. The largest absolute Gasteiger partial charge is 0.339 e. The molecule has 2 bridgehead atoms. The van der Waals surface area contributed by atoms with Crippen LogP contribution in [0, 0.1) is 17.8 Å². The fourth-order valence-electron chi connectivity index (χ4n) is 4.60. The zero-order valence-corrected chi connectivity index (χ0v) is 13.5. The molecule has 3 unspecified atom stereocenters. The highest BCUT2D eigenvalue weighted by atomic mass is 16.2. The summed E-state index contributed by atoms with van der Waals surface area (Å²) in [5.41, 5.74) is 1.51. The van der Waals surface area contributed by atoms with Crippen LogP contribution in [0.1, 0.15) is 48.9 Å². The minimum absolute atomic E-state index is 0.105. The van der Waals surface area contributed by atoms with Crippen molar-refractivity contribution < 1.29 is 9.59 Å². The van der Waals surface area contributed by atoms with Crippen LogP contribution in [0.2, 0.25) is 0 Å². The Kier molecular flexibility index (Phi) is 3.83. The van der Waals surface area contributed by atoms with E-state index in [1.165, 1.54) is 19.3 Å². The molecule has 4 heteroatoms. The standard InChI is InChI=1S/C19H24N2O2/c22-18(17-12-13-3-4-15(17)11-13)20-16-7-5-14(6-8-16)19(23)21-9-1-2-10-21/h5-8,13,15,17H,1-4,9-12H2,(H,20,22). The Morgan fingerprint density at radius 3 is 2.35 bits per heavy atom. The number of fused-ring (bicyclic) bond motifs is 2. The number of carbonyl (C=O) groups is 2. The molecule has 1 heterocycles. The maximum absolute atomic E-state index is 12.4. The molecule has 2 amide bonds. The van der Waals surface area contributed by atoms with E-state index in [-0.39, 0.29) is 17.7 Å². The van der Waals surface area contributed by atoms with E-state index in [0.717, 1.165) is 44.0 Å². The summed E-state index contributed by atoms with van der Waals surface area (Å²) in [6, 6.07) is 7.37.